The van der Waals surface area contributed by atoms with E-state index in [2.05, 4.69) is 0 Å². The van der Waals surface area contributed by atoms with Gasteiger partial charge < -0.3 is 19.8 Å². The molecule has 2 aromatic carbocycles. The first-order valence-corrected chi connectivity index (χ1v) is 8.72. The van der Waals surface area contributed by atoms with E-state index in [0.29, 0.717) is 5.56 Å². The van der Waals surface area contributed by atoms with Crippen LogP contribution >= 0.6 is 0 Å². The summed E-state index contributed by atoms with van der Waals surface area (Å²) in [4.78, 5) is 26.7. The van der Waals surface area contributed by atoms with Gasteiger partial charge in [0.05, 0.1) is 31.4 Å². The van der Waals surface area contributed by atoms with Crippen molar-refractivity contribution in [2.24, 2.45) is 0 Å². The van der Waals surface area contributed by atoms with Crippen molar-refractivity contribution in [2.75, 3.05) is 26.4 Å². The van der Waals surface area contributed by atoms with Crippen molar-refractivity contribution >= 4 is 17.4 Å². The fraction of sp³-hybridized carbons (Fsp3) is 0.238. The highest BCUT2D eigenvalue weighted by atomic mass is 16.5. The number of aliphatic hydroxyl groups excluding tert-OH is 2. The van der Waals surface area contributed by atoms with Crippen LogP contribution < -0.4 is 0 Å². The highest BCUT2D eigenvalue weighted by Gasteiger charge is 2.45. The standard InChI is InChI=1S/C21H21NO5/c23-12-14-27-13-11-22-18(15-7-3-1-4-8-15)17(20(25)21(22)26)19(24)16-9-5-2-6-10-16/h1-10,18,23-24H,11-14H2/t18-/m0/s1. The second kappa shape index (κ2) is 8.62. The molecule has 1 atom stereocenters. The minimum absolute atomic E-state index is 0.0690. The number of amides is 1. The van der Waals surface area contributed by atoms with Crippen LogP contribution in [0, 0.1) is 0 Å². The van der Waals surface area contributed by atoms with Gasteiger partial charge in [-0.1, -0.05) is 60.7 Å². The number of hydrogen-bond donors (Lipinski definition) is 2. The number of nitrogens with zero attached hydrogens (tertiary/aromatic N) is 1. The lowest BCUT2D eigenvalue weighted by atomic mass is 9.95. The third kappa shape index (κ3) is 3.92. The summed E-state index contributed by atoms with van der Waals surface area (Å²) in [6.07, 6.45) is 0. The number of carbonyl (C=O) groups is 2. The number of likely N-dealkylation sites (tertiary alicyclic amines) is 1. The molecule has 1 heterocycles. The Morgan fingerprint density at radius 1 is 0.963 bits per heavy atom. The lowest BCUT2D eigenvalue weighted by molar-refractivity contribution is -0.140. The number of ether oxygens (including phenoxy) is 1. The lowest BCUT2D eigenvalue weighted by Gasteiger charge is -2.25. The molecule has 3 rings (SSSR count). The summed E-state index contributed by atoms with van der Waals surface area (Å²) < 4.78 is 5.26. The molecule has 6 heteroatoms. The Morgan fingerprint density at radius 2 is 1.59 bits per heavy atom. The van der Waals surface area contributed by atoms with E-state index in [1.54, 1.807) is 24.3 Å². The molecule has 0 aromatic heterocycles. The second-order valence-corrected chi connectivity index (χ2v) is 6.11. The van der Waals surface area contributed by atoms with E-state index in [1.165, 1.54) is 4.90 Å². The Labute approximate surface area is 157 Å². The molecule has 140 valence electrons. The average Bonchev–Trinajstić information content (AvgIpc) is 2.97. The van der Waals surface area contributed by atoms with E-state index in [0.717, 1.165) is 5.56 Å². The molecule has 6 nitrogen and oxygen atoms in total. The third-order valence-corrected chi connectivity index (χ3v) is 4.41. The number of rotatable bonds is 7. The van der Waals surface area contributed by atoms with Crippen molar-refractivity contribution in [1.82, 2.24) is 4.90 Å². The van der Waals surface area contributed by atoms with E-state index < -0.39 is 17.7 Å². The topological polar surface area (TPSA) is 87.1 Å². The normalized spacial score (nSPS) is 18.9. The Balaban J connectivity index is 2.03. The number of aliphatic hydroxyl groups is 2. The molecule has 0 saturated carbocycles. The van der Waals surface area contributed by atoms with Gasteiger partial charge in [0.15, 0.2) is 0 Å². The molecule has 27 heavy (non-hydrogen) atoms. The fourth-order valence-electron chi connectivity index (χ4n) is 3.17. The number of benzene rings is 2. The van der Waals surface area contributed by atoms with Gasteiger partial charge in [-0.2, -0.15) is 0 Å². The first kappa shape index (κ1) is 18.8. The zero-order chi connectivity index (χ0) is 19.2. The van der Waals surface area contributed by atoms with Gasteiger partial charge >= 0.3 is 0 Å². The van der Waals surface area contributed by atoms with Gasteiger partial charge in [-0.15, -0.1) is 0 Å². The van der Waals surface area contributed by atoms with E-state index in [9.17, 15) is 14.7 Å². The molecular weight excluding hydrogens is 346 g/mol. The number of carbonyl (C=O) groups excluding carboxylic acids is 2. The molecule has 1 aliphatic rings. The van der Waals surface area contributed by atoms with Crippen molar-refractivity contribution in [3.63, 3.8) is 0 Å². The van der Waals surface area contributed by atoms with E-state index in [4.69, 9.17) is 9.84 Å². The summed E-state index contributed by atoms with van der Waals surface area (Å²) >= 11 is 0. The number of hydrogen-bond acceptors (Lipinski definition) is 5. The summed E-state index contributed by atoms with van der Waals surface area (Å²) in [5.41, 5.74) is 1.28. The maximum absolute atomic E-state index is 12.7. The molecule has 2 aromatic rings. The summed E-state index contributed by atoms with van der Waals surface area (Å²) in [5.74, 6) is -1.58. The van der Waals surface area contributed by atoms with Gasteiger partial charge in [-0.3, -0.25) is 9.59 Å². The second-order valence-electron chi connectivity index (χ2n) is 6.11. The van der Waals surface area contributed by atoms with Crippen LogP contribution in [-0.2, 0) is 14.3 Å². The highest BCUT2D eigenvalue weighted by Crippen LogP contribution is 2.38. The first-order valence-electron chi connectivity index (χ1n) is 8.72. The molecule has 1 fully saturated rings. The maximum Gasteiger partial charge on any atom is 0.295 e. The zero-order valence-corrected chi connectivity index (χ0v) is 14.7. The Kier molecular flexibility index (Phi) is 6.01. The fourth-order valence-corrected chi connectivity index (χ4v) is 3.17. The molecular formula is C21H21NO5. The predicted octanol–water partition coefficient (Wildman–Crippen LogP) is 2.12. The van der Waals surface area contributed by atoms with Gasteiger partial charge in [0, 0.05) is 12.1 Å². The van der Waals surface area contributed by atoms with E-state index >= 15 is 0 Å². The SMILES string of the molecule is O=C1C(=O)N(CCOCCO)[C@@H](c2ccccc2)C1=C(O)c1ccccc1. The predicted molar refractivity (Wildman–Crippen MR) is 99.8 cm³/mol. The van der Waals surface area contributed by atoms with Crippen LogP contribution in [0.15, 0.2) is 66.2 Å². The molecule has 1 aliphatic heterocycles. The minimum Gasteiger partial charge on any atom is -0.507 e. The lowest BCUT2D eigenvalue weighted by Crippen LogP contribution is -2.33. The van der Waals surface area contributed by atoms with Crippen molar-refractivity contribution in [1.29, 1.82) is 0 Å². The van der Waals surface area contributed by atoms with Crippen molar-refractivity contribution in [3.05, 3.63) is 77.4 Å². The zero-order valence-electron chi connectivity index (χ0n) is 14.7. The van der Waals surface area contributed by atoms with Gasteiger partial charge in [-0.05, 0) is 5.56 Å². The van der Waals surface area contributed by atoms with Crippen LogP contribution in [0.2, 0.25) is 0 Å². The summed E-state index contributed by atoms with van der Waals surface area (Å²) in [7, 11) is 0. The average molecular weight is 367 g/mol. The molecule has 0 spiro atoms. The smallest absolute Gasteiger partial charge is 0.295 e. The Hall–Kier alpha value is -2.96. The summed E-state index contributed by atoms with van der Waals surface area (Å²) in [6, 6.07) is 17.1. The molecule has 0 radical (unpaired) electrons. The molecule has 0 aliphatic carbocycles. The molecule has 1 saturated heterocycles. The molecule has 1 amide bonds. The van der Waals surface area contributed by atoms with Gasteiger partial charge in [-0.25, -0.2) is 0 Å². The first-order chi connectivity index (χ1) is 13.1. The highest BCUT2D eigenvalue weighted by molar-refractivity contribution is 6.46. The van der Waals surface area contributed by atoms with Crippen LogP contribution in [0.5, 0.6) is 0 Å². The summed E-state index contributed by atoms with van der Waals surface area (Å²) in [6.45, 7) is 0.400. The summed E-state index contributed by atoms with van der Waals surface area (Å²) in [5, 5.41) is 19.6. The Bertz CT molecular complexity index is 832. The maximum atomic E-state index is 12.7. The van der Waals surface area contributed by atoms with Crippen molar-refractivity contribution in [3.8, 4) is 0 Å². The Morgan fingerprint density at radius 3 is 2.22 bits per heavy atom. The third-order valence-electron chi connectivity index (χ3n) is 4.41. The van der Waals surface area contributed by atoms with Crippen LogP contribution in [0.1, 0.15) is 17.2 Å². The molecule has 0 bridgehead atoms. The minimum atomic E-state index is -0.715. The van der Waals surface area contributed by atoms with Gasteiger partial charge in [0.2, 0.25) is 0 Å². The van der Waals surface area contributed by atoms with E-state index in [-0.39, 0.29) is 37.7 Å². The van der Waals surface area contributed by atoms with Gasteiger partial charge in [0.1, 0.15) is 5.76 Å². The van der Waals surface area contributed by atoms with Crippen molar-refractivity contribution < 1.29 is 24.5 Å². The van der Waals surface area contributed by atoms with Crippen LogP contribution in [0.3, 0.4) is 0 Å². The largest absolute Gasteiger partial charge is 0.507 e. The number of ketones is 1. The van der Waals surface area contributed by atoms with E-state index in [1.807, 2.05) is 36.4 Å². The van der Waals surface area contributed by atoms with Gasteiger partial charge in [0.25, 0.3) is 11.7 Å². The van der Waals surface area contributed by atoms with Crippen LogP contribution in [0.4, 0.5) is 0 Å². The molecule has 2 N–H and O–H groups in total. The molecule has 0 unspecified atom stereocenters. The quantitative estimate of drug-likeness (QED) is 0.339. The van der Waals surface area contributed by atoms with Crippen LogP contribution in [-0.4, -0.2) is 53.2 Å². The number of Topliss-reactive ketones (excluding diaryl/α,β-unsaturated/α-hetero) is 1. The monoisotopic (exact) mass is 367 g/mol. The van der Waals surface area contributed by atoms with Crippen LogP contribution in [0.25, 0.3) is 5.76 Å². The van der Waals surface area contributed by atoms with Crippen molar-refractivity contribution in [2.45, 2.75) is 6.04 Å².